The molecular formula is C23H44OSi. The van der Waals surface area contributed by atoms with Crippen molar-refractivity contribution in [2.75, 3.05) is 0 Å². The van der Waals surface area contributed by atoms with Gasteiger partial charge in [0.1, 0.15) is 0 Å². The molecule has 0 unspecified atom stereocenters. The Morgan fingerprint density at radius 3 is 2.16 bits per heavy atom. The summed E-state index contributed by atoms with van der Waals surface area (Å²) in [5.41, 5.74) is 3.82. The number of rotatable bonds is 8. The highest BCUT2D eigenvalue weighted by Gasteiger charge is 2.50. The minimum Gasteiger partial charge on any atom is -0.413 e. The number of allylic oxidation sites excluding steroid dienone is 1. The van der Waals surface area contributed by atoms with Gasteiger partial charge in [0.2, 0.25) is 8.32 Å². The van der Waals surface area contributed by atoms with E-state index in [-0.39, 0.29) is 0 Å². The van der Waals surface area contributed by atoms with Crippen LogP contribution in [-0.2, 0) is 4.43 Å². The fraction of sp³-hybridized carbons (Fsp3) is 0.913. The highest BCUT2D eigenvalue weighted by Crippen LogP contribution is 2.50. The highest BCUT2D eigenvalue weighted by molar-refractivity contribution is 6.77. The molecule has 1 fully saturated rings. The van der Waals surface area contributed by atoms with Gasteiger partial charge in [0.15, 0.2) is 0 Å². The van der Waals surface area contributed by atoms with E-state index >= 15 is 0 Å². The van der Waals surface area contributed by atoms with Crippen LogP contribution in [-0.4, -0.2) is 14.4 Å². The fourth-order valence-electron chi connectivity index (χ4n) is 6.12. The van der Waals surface area contributed by atoms with Gasteiger partial charge in [-0.1, -0.05) is 73.5 Å². The van der Waals surface area contributed by atoms with Crippen molar-refractivity contribution in [2.45, 2.75) is 117 Å². The molecule has 2 heteroatoms. The summed E-state index contributed by atoms with van der Waals surface area (Å²) >= 11 is 0. The van der Waals surface area contributed by atoms with E-state index in [4.69, 9.17) is 4.43 Å². The summed E-state index contributed by atoms with van der Waals surface area (Å²) < 4.78 is 7.24. The van der Waals surface area contributed by atoms with Crippen LogP contribution in [0.4, 0.5) is 0 Å². The average Bonchev–Trinajstić information content (AvgIpc) is 2.90. The van der Waals surface area contributed by atoms with Gasteiger partial charge in [0, 0.05) is 5.92 Å². The fourth-order valence-corrected chi connectivity index (χ4v) is 11.7. The first-order chi connectivity index (χ1) is 11.7. The van der Waals surface area contributed by atoms with Gasteiger partial charge >= 0.3 is 0 Å². The molecule has 0 aliphatic heterocycles. The third-order valence-electron chi connectivity index (χ3n) is 7.37. The third-order valence-corrected chi connectivity index (χ3v) is 13.5. The lowest BCUT2D eigenvalue weighted by molar-refractivity contribution is 0.134. The van der Waals surface area contributed by atoms with Crippen LogP contribution in [0.5, 0.6) is 0 Å². The second kappa shape index (κ2) is 8.74. The molecule has 0 saturated heterocycles. The van der Waals surface area contributed by atoms with Crippen molar-refractivity contribution in [2.24, 2.45) is 17.8 Å². The number of fused-ring (bicyclic) bond motifs is 1. The number of hydrogen-bond acceptors (Lipinski definition) is 1. The largest absolute Gasteiger partial charge is 0.413 e. The Kier molecular flexibility index (Phi) is 7.42. The summed E-state index contributed by atoms with van der Waals surface area (Å²) in [7, 11) is -1.76. The SMILES string of the molecule is CCCCC1=C[C@@H]2[C@@H](CC[C@H]2O[Si](C(C)C)(C(C)C)C(C)C)C[C@@H]1C. The topological polar surface area (TPSA) is 9.23 Å². The lowest BCUT2D eigenvalue weighted by Gasteiger charge is -2.45. The van der Waals surface area contributed by atoms with Gasteiger partial charge in [-0.05, 0) is 60.6 Å². The second-order valence-corrected chi connectivity index (χ2v) is 15.3. The smallest absolute Gasteiger partial charge is 0.200 e. The van der Waals surface area contributed by atoms with Crippen LogP contribution in [0.25, 0.3) is 0 Å². The van der Waals surface area contributed by atoms with E-state index in [1.54, 1.807) is 5.57 Å². The van der Waals surface area contributed by atoms with Crippen molar-refractivity contribution in [1.82, 2.24) is 0 Å². The van der Waals surface area contributed by atoms with Crippen LogP contribution in [0, 0.1) is 17.8 Å². The Labute approximate surface area is 159 Å². The Morgan fingerprint density at radius 1 is 1.04 bits per heavy atom. The standard InChI is InChI=1S/C23H44OSi/c1-9-10-11-20-15-22-21(14-19(20)8)12-13-23(22)24-25(16(2)3,17(4)5)18(6)7/h15-19,21-23H,9-14H2,1-8H3/t19-,21-,22+,23+/m0/s1. The normalized spacial score (nSPS) is 30.3. The number of hydrogen-bond donors (Lipinski definition) is 0. The molecule has 1 saturated carbocycles. The van der Waals surface area contributed by atoms with E-state index in [9.17, 15) is 0 Å². The molecule has 0 aromatic heterocycles. The Bertz CT molecular complexity index is 429. The van der Waals surface area contributed by atoms with Gasteiger partial charge in [-0.3, -0.25) is 0 Å². The van der Waals surface area contributed by atoms with Gasteiger partial charge in [-0.25, -0.2) is 0 Å². The van der Waals surface area contributed by atoms with E-state index in [0.29, 0.717) is 28.6 Å². The molecular weight excluding hydrogens is 320 g/mol. The Balaban J connectivity index is 2.23. The monoisotopic (exact) mass is 364 g/mol. The molecule has 2 aliphatic carbocycles. The maximum atomic E-state index is 7.24. The minimum atomic E-state index is -1.76. The number of unbranched alkanes of at least 4 members (excludes halogenated alkanes) is 1. The maximum absolute atomic E-state index is 7.24. The van der Waals surface area contributed by atoms with Crippen molar-refractivity contribution < 1.29 is 4.43 Å². The van der Waals surface area contributed by atoms with Gasteiger partial charge in [0.25, 0.3) is 0 Å². The van der Waals surface area contributed by atoms with Crippen molar-refractivity contribution >= 4 is 8.32 Å². The predicted octanol–water partition coefficient (Wildman–Crippen LogP) is 7.73. The molecule has 0 bridgehead atoms. The third kappa shape index (κ3) is 4.26. The average molecular weight is 365 g/mol. The lowest BCUT2D eigenvalue weighted by Crippen LogP contribution is -2.51. The first kappa shape index (κ1) is 21.2. The summed E-state index contributed by atoms with van der Waals surface area (Å²) in [5, 5.41) is 0. The highest BCUT2D eigenvalue weighted by atomic mass is 28.4. The zero-order valence-electron chi connectivity index (χ0n) is 18.3. The summed E-state index contributed by atoms with van der Waals surface area (Å²) in [6, 6.07) is 0. The molecule has 2 aliphatic rings. The zero-order chi connectivity index (χ0) is 18.8. The molecule has 0 N–H and O–H groups in total. The first-order valence-corrected chi connectivity index (χ1v) is 13.3. The summed E-state index contributed by atoms with van der Waals surface area (Å²) in [6.07, 6.45) is 11.2. The molecule has 146 valence electrons. The Morgan fingerprint density at radius 2 is 1.64 bits per heavy atom. The van der Waals surface area contributed by atoms with E-state index < -0.39 is 8.32 Å². The summed E-state index contributed by atoms with van der Waals surface area (Å²) in [4.78, 5) is 0. The maximum Gasteiger partial charge on any atom is 0.200 e. The van der Waals surface area contributed by atoms with Gasteiger partial charge in [0.05, 0.1) is 6.10 Å². The van der Waals surface area contributed by atoms with Crippen molar-refractivity contribution in [3.8, 4) is 0 Å². The van der Waals surface area contributed by atoms with Gasteiger partial charge in [-0.2, -0.15) is 0 Å². The van der Waals surface area contributed by atoms with Crippen molar-refractivity contribution in [3.63, 3.8) is 0 Å². The zero-order valence-corrected chi connectivity index (χ0v) is 19.3. The first-order valence-electron chi connectivity index (χ1n) is 11.1. The molecule has 2 rings (SSSR count). The Hall–Kier alpha value is -0.0831. The second-order valence-electron chi connectivity index (χ2n) is 9.87. The van der Waals surface area contributed by atoms with E-state index in [2.05, 4.69) is 61.5 Å². The van der Waals surface area contributed by atoms with Crippen LogP contribution in [0.15, 0.2) is 11.6 Å². The van der Waals surface area contributed by atoms with Crippen LogP contribution < -0.4 is 0 Å². The molecule has 0 spiro atoms. The van der Waals surface area contributed by atoms with Crippen molar-refractivity contribution in [1.29, 1.82) is 0 Å². The summed E-state index contributed by atoms with van der Waals surface area (Å²) in [6.45, 7) is 19.3. The summed E-state index contributed by atoms with van der Waals surface area (Å²) in [5.74, 6) is 2.38. The van der Waals surface area contributed by atoms with E-state index in [1.165, 1.54) is 38.5 Å². The van der Waals surface area contributed by atoms with E-state index in [1.807, 2.05) is 0 Å². The molecule has 0 aromatic carbocycles. The van der Waals surface area contributed by atoms with Crippen LogP contribution in [0.3, 0.4) is 0 Å². The molecule has 0 heterocycles. The molecule has 0 radical (unpaired) electrons. The van der Waals surface area contributed by atoms with Crippen LogP contribution in [0.1, 0.15) is 93.9 Å². The van der Waals surface area contributed by atoms with Crippen LogP contribution >= 0.6 is 0 Å². The van der Waals surface area contributed by atoms with Gasteiger partial charge in [-0.15, -0.1) is 0 Å². The van der Waals surface area contributed by atoms with E-state index in [0.717, 1.165) is 11.8 Å². The predicted molar refractivity (Wildman–Crippen MR) is 114 cm³/mol. The molecule has 4 atom stereocenters. The van der Waals surface area contributed by atoms with Crippen molar-refractivity contribution in [3.05, 3.63) is 11.6 Å². The quantitative estimate of drug-likeness (QED) is 0.316. The lowest BCUT2D eigenvalue weighted by atomic mass is 9.75. The van der Waals surface area contributed by atoms with Crippen LogP contribution in [0.2, 0.25) is 16.6 Å². The molecule has 1 nitrogen and oxygen atoms in total. The molecule has 25 heavy (non-hydrogen) atoms. The van der Waals surface area contributed by atoms with Gasteiger partial charge < -0.3 is 4.43 Å². The molecule has 0 amide bonds. The minimum absolute atomic E-state index is 0.494. The molecule has 0 aromatic rings.